The molecule has 0 bridgehead atoms. The van der Waals surface area contributed by atoms with Crippen LogP contribution in [0.5, 0.6) is 0 Å². The van der Waals surface area contributed by atoms with Crippen molar-refractivity contribution in [3.63, 3.8) is 0 Å². The van der Waals surface area contributed by atoms with Gasteiger partial charge < -0.3 is 4.74 Å². The van der Waals surface area contributed by atoms with Crippen molar-refractivity contribution in [2.45, 2.75) is 6.61 Å². The van der Waals surface area contributed by atoms with Gasteiger partial charge >= 0.3 is 0 Å². The molecule has 0 atom stereocenters. The van der Waals surface area contributed by atoms with E-state index >= 15 is 0 Å². The van der Waals surface area contributed by atoms with Crippen LogP contribution in [-0.2, 0) is 11.3 Å². The van der Waals surface area contributed by atoms with Crippen LogP contribution in [0, 0.1) is 6.92 Å². The van der Waals surface area contributed by atoms with Gasteiger partial charge in [-0.3, -0.25) is 4.98 Å². The largest absolute Gasteiger partial charge is 0.371 e. The summed E-state index contributed by atoms with van der Waals surface area (Å²) in [5.74, 6) is 0. The number of rotatable bonds is 4. The topological polar surface area (TPSA) is 22.1 Å². The van der Waals surface area contributed by atoms with Crippen LogP contribution in [0.1, 0.15) is 11.4 Å². The van der Waals surface area contributed by atoms with E-state index < -0.39 is 0 Å². The van der Waals surface area contributed by atoms with Crippen LogP contribution in [0.2, 0.25) is 0 Å². The van der Waals surface area contributed by atoms with E-state index in [1.165, 1.54) is 0 Å². The van der Waals surface area contributed by atoms with Gasteiger partial charge in [-0.25, -0.2) is 0 Å². The number of aromatic nitrogens is 1. The summed E-state index contributed by atoms with van der Waals surface area (Å²) in [6, 6.07) is 5.69. The van der Waals surface area contributed by atoms with E-state index in [1.54, 1.807) is 6.08 Å². The Balaban J connectivity index is 2.46. The summed E-state index contributed by atoms with van der Waals surface area (Å²) in [7, 11) is 0. The van der Waals surface area contributed by atoms with Crippen molar-refractivity contribution in [2.24, 2.45) is 0 Å². The predicted molar refractivity (Wildman–Crippen MR) is 48.5 cm³/mol. The highest BCUT2D eigenvalue weighted by Crippen LogP contribution is 1.99. The van der Waals surface area contributed by atoms with Crippen molar-refractivity contribution in [1.82, 2.24) is 4.98 Å². The van der Waals surface area contributed by atoms with Gasteiger partial charge in [-0.15, -0.1) is 6.58 Å². The molecule has 0 aliphatic heterocycles. The molecule has 0 aromatic carbocycles. The maximum Gasteiger partial charge on any atom is 0.0892 e. The molecule has 0 aliphatic rings. The molecule has 1 radical (unpaired) electrons. The van der Waals surface area contributed by atoms with E-state index in [1.807, 2.05) is 18.2 Å². The summed E-state index contributed by atoms with van der Waals surface area (Å²) in [5, 5.41) is 0. The smallest absolute Gasteiger partial charge is 0.0892 e. The molecule has 1 rings (SSSR count). The number of nitrogens with zero attached hydrogens (tertiary/aromatic N) is 1. The normalized spacial score (nSPS) is 9.75. The number of hydrogen-bond donors (Lipinski definition) is 0. The van der Waals surface area contributed by atoms with Crippen LogP contribution in [0.25, 0.3) is 0 Å². The van der Waals surface area contributed by atoms with E-state index in [0.717, 1.165) is 11.4 Å². The quantitative estimate of drug-likeness (QED) is 0.498. The lowest BCUT2D eigenvalue weighted by Crippen LogP contribution is -1.96. The molecule has 0 aliphatic carbocycles. The molecule has 2 heteroatoms. The second-order valence-electron chi connectivity index (χ2n) is 2.42. The summed E-state index contributed by atoms with van der Waals surface area (Å²) < 4.78 is 5.22. The van der Waals surface area contributed by atoms with Gasteiger partial charge in [-0.2, -0.15) is 0 Å². The van der Waals surface area contributed by atoms with Crippen LogP contribution >= 0.6 is 0 Å². The second-order valence-corrected chi connectivity index (χ2v) is 2.42. The third kappa shape index (κ3) is 2.84. The number of pyridine rings is 1. The van der Waals surface area contributed by atoms with E-state index in [0.29, 0.717) is 13.2 Å². The van der Waals surface area contributed by atoms with E-state index in [2.05, 4.69) is 18.5 Å². The first-order chi connectivity index (χ1) is 5.83. The minimum absolute atomic E-state index is 0.523. The van der Waals surface area contributed by atoms with Crippen LogP contribution < -0.4 is 0 Å². The highest BCUT2D eigenvalue weighted by molar-refractivity contribution is 5.12. The third-order valence-corrected chi connectivity index (χ3v) is 1.35. The van der Waals surface area contributed by atoms with Gasteiger partial charge in [0.05, 0.1) is 18.9 Å². The lowest BCUT2D eigenvalue weighted by atomic mass is 10.3. The van der Waals surface area contributed by atoms with Crippen molar-refractivity contribution >= 4 is 0 Å². The van der Waals surface area contributed by atoms with Gasteiger partial charge in [0.2, 0.25) is 0 Å². The van der Waals surface area contributed by atoms with Crippen molar-refractivity contribution in [1.29, 1.82) is 0 Å². The molecule has 0 spiro atoms. The molecular weight excluding hydrogens is 150 g/mol. The zero-order valence-corrected chi connectivity index (χ0v) is 6.99. The second kappa shape index (κ2) is 4.67. The Kier molecular flexibility index (Phi) is 3.48. The van der Waals surface area contributed by atoms with Crippen LogP contribution in [0.15, 0.2) is 30.9 Å². The molecule has 2 nitrogen and oxygen atoms in total. The lowest BCUT2D eigenvalue weighted by molar-refractivity contribution is 0.146. The van der Waals surface area contributed by atoms with Gasteiger partial charge in [0.25, 0.3) is 0 Å². The fraction of sp³-hybridized carbons (Fsp3) is 0.200. The molecule has 0 saturated carbocycles. The first kappa shape index (κ1) is 8.94. The van der Waals surface area contributed by atoms with Gasteiger partial charge in [-0.05, 0) is 19.1 Å². The Morgan fingerprint density at radius 2 is 2.33 bits per heavy atom. The standard InChI is InChI=1S/C10H12NO/c1-3-7-12-8-10-6-4-5-9(2)11-10/h3-6H,1-2,7-8H2. The first-order valence-corrected chi connectivity index (χ1v) is 3.79. The summed E-state index contributed by atoms with van der Waals surface area (Å²) in [4.78, 5) is 4.17. The van der Waals surface area contributed by atoms with E-state index in [9.17, 15) is 0 Å². The van der Waals surface area contributed by atoms with E-state index in [4.69, 9.17) is 4.74 Å². The maximum atomic E-state index is 5.22. The first-order valence-electron chi connectivity index (χ1n) is 3.79. The minimum Gasteiger partial charge on any atom is -0.371 e. The fourth-order valence-electron chi connectivity index (χ4n) is 0.856. The van der Waals surface area contributed by atoms with Gasteiger partial charge in [-0.1, -0.05) is 12.1 Å². The molecule has 0 unspecified atom stereocenters. The van der Waals surface area contributed by atoms with Crippen molar-refractivity contribution < 1.29 is 4.74 Å². The Morgan fingerprint density at radius 1 is 1.50 bits per heavy atom. The minimum atomic E-state index is 0.523. The van der Waals surface area contributed by atoms with Crippen LogP contribution in [0.4, 0.5) is 0 Å². The Hall–Kier alpha value is -1.15. The number of ether oxygens (including phenoxy) is 1. The highest BCUT2D eigenvalue weighted by Gasteiger charge is 1.92. The molecule has 0 saturated heterocycles. The van der Waals surface area contributed by atoms with Crippen molar-refractivity contribution in [3.8, 4) is 0 Å². The molecule has 0 fully saturated rings. The average Bonchev–Trinajstić information content (AvgIpc) is 2.05. The predicted octanol–water partition coefficient (Wildman–Crippen LogP) is 1.97. The molecule has 0 N–H and O–H groups in total. The van der Waals surface area contributed by atoms with Crippen LogP contribution in [-0.4, -0.2) is 11.6 Å². The summed E-state index contributed by atoms with van der Waals surface area (Å²) in [6.45, 7) is 8.36. The SMILES string of the molecule is [CH2]c1cccc(COCC=C)n1. The monoisotopic (exact) mass is 162 g/mol. The number of hydrogen-bond acceptors (Lipinski definition) is 2. The Bertz CT molecular complexity index is 258. The van der Waals surface area contributed by atoms with Crippen molar-refractivity contribution in [3.05, 3.63) is 49.2 Å². The Morgan fingerprint density at radius 3 is 3.00 bits per heavy atom. The average molecular weight is 162 g/mol. The summed E-state index contributed by atoms with van der Waals surface area (Å²) >= 11 is 0. The van der Waals surface area contributed by atoms with Crippen LogP contribution in [0.3, 0.4) is 0 Å². The zero-order valence-electron chi connectivity index (χ0n) is 6.99. The molecule has 1 aromatic heterocycles. The maximum absolute atomic E-state index is 5.22. The fourth-order valence-corrected chi connectivity index (χ4v) is 0.856. The Labute approximate surface area is 72.9 Å². The third-order valence-electron chi connectivity index (χ3n) is 1.35. The lowest BCUT2D eigenvalue weighted by Gasteiger charge is -2.00. The molecule has 63 valence electrons. The van der Waals surface area contributed by atoms with Gasteiger partial charge in [0.15, 0.2) is 0 Å². The molecule has 1 aromatic rings. The van der Waals surface area contributed by atoms with Crippen molar-refractivity contribution in [2.75, 3.05) is 6.61 Å². The highest BCUT2D eigenvalue weighted by atomic mass is 16.5. The summed E-state index contributed by atoms with van der Waals surface area (Å²) in [6.07, 6.45) is 1.72. The molecule has 1 heterocycles. The molecule has 12 heavy (non-hydrogen) atoms. The van der Waals surface area contributed by atoms with E-state index in [-0.39, 0.29) is 0 Å². The van der Waals surface area contributed by atoms with Gasteiger partial charge in [0.1, 0.15) is 0 Å². The van der Waals surface area contributed by atoms with Gasteiger partial charge in [0, 0.05) is 5.69 Å². The summed E-state index contributed by atoms with van der Waals surface area (Å²) in [5.41, 5.74) is 1.68. The molecular formula is C10H12NO. The zero-order chi connectivity index (χ0) is 8.81. The molecule has 0 amide bonds.